The van der Waals surface area contributed by atoms with Crippen molar-refractivity contribution in [1.82, 2.24) is 4.57 Å². The van der Waals surface area contributed by atoms with Crippen LogP contribution in [0.5, 0.6) is 0 Å². The van der Waals surface area contributed by atoms with E-state index in [9.17, 15) is 0 Å². The third kappa shape index (κ3) is 2.07. The predicted molar refractivity (Wildman–Crippen MR) is 121 cm³/mol. The summed E-state index contributed by atoms with van der Waals surface area (Å²) in [7, 11) is 2.17. The van der Waals surface area contributed by atoms with E-state index in [1.165, 1.54) is 54.5 Å². The molecule has 132 valence electrons. The van der Waals surface area contributed by atoms with Crippen LogP contribution in [-0.2, 0) is 7.05 Å². The van der Waals surface area contributed by atoms with Crippen LogP contribution in [0.1, 0.15) is 0 Å². The molecule has 0 unspecified atom stereocenters. The largest absolute Gasteiger partial charge is 0.343 e. The first-order valence-corrected chi connectivity index (χ1v) is 9.69. The van der Waals surface area contributed by atoms with Crippen molar-refractivity contribution in [3.63, 3.8) is 0 Å². The molecule has 0 saturated carbocycles. The van der Waals surface area contributed by atoms with Crippen LogP contribution in [0.2, 0.25) is 0 Å². The van der Waals surface area contributed by atoms with Gasteiger partial charge in [0.1, 0.15) is 0 Å². The van der Waals surface area contributed by atoms with Crippen LogP contribution in [0.4, 0.5) is 0 Å². The Morgan fingerprint density at radius 3 is 2.07 bits per heavy atom. The molecular formula is C27H19N. The molecular weight excluding hydrogens is 338 g/mol. The minimum Gasteiger partial charge on any atom is -0.343 e. The second-order valence-electron chi connectivity index (χ2n) is 7.50. The molecule has 1 nitrogen and oxygen atoms in total. The molecule has 0 amide bonds. The fourth-order valence-corrected chi connectivity index (χ4v) is 4.64. The summed E-state index contributed by atoms with van der Waals surface area (Å²) in [5, 5.41) is 7.80. The number of benzene rings is 5. The van der Waals surface area contributed by atoms with Crippen LogP contribution in [-0.4, -0.2) is 4.57 Å². The molecule has 1 aromatic heterocycles. The SMILES string of the molecule is Cn1c2ccccc2c2cc(-c3ccc4ccccc4c3)c3ccccc3c21. The highest BCUT2D eigenvalue weighted by atomic mass is 14.9. The maximum absolute atomic E-state index is 2.38. The molecule has 0 aliphatic heterocycles. The van der Waals surface area contributed by atoms with Gasteiger partial charge in [-0.25, -0.2) is 0 Å². The zero-order valence-corrected chi connectivity index (χ0v) is 15.7. The average Bonchev–Trinajstić information content (AvgIpc) is 3.05. The van der Waals surface area contributed by atoms with Gasteiger partial charge in [0.2, 0.25) is 0 Å². The molecule has 0 atom stereocenters. The Morgan fingerprint density at radius 2 is 1.21 bits per heavy atom. The molecule has 0 saturated heterocycles. The van der Waals surface area contributed by atoms with E-state index in [1.807, 2.05) is 0 Å². The monoisotopic (exact) mass is 357 g/mol. The molecule has 0 spiro atoms. The highest BCUT2D eigenvalue weighted by molar-refractivity contribution is 6.21. The molecule has 6 rings (SSSR count). The molecule has 28 heavy (non-hydrogen) atoms. The van der Waals surface area contributed by atoms with Gasteiger partial charge < -0.3 is 4.57 Å². The van der Waals surface area contributed by atoms with Crippen LogP contribution in [0.25, 0.3) is 54.5 Å². The number of rotatable bonds is 1. The zero-order valence-electron chi connectivity index (χ0n) is 15.7. The maximum atomic E-state index is 2.38. The van der Waals surface area contributed by atoms with Crippen molar-refractivity contribution in [3.05, 3.63) is 97.1 Å². The van der Waals surface area contributed by atoms with Gasteiger partial charge in [0.15, 0.2) is 0 Å². The number of fused-ring (bicyclic) bond motifs is 6. The number of nitrogens with zero attached hydrogens (tertiary/aromatic N) is 1. The second kappa shape index (κ2) is 5.71. The Morgan fingerprint density at radius 1 is 0.536 bits per heavy atom. The normalized spacial score (nSPS) is 11.8. The third-order valence-electron chi connectivity index (χ3n) is 5.97. The van der Waals surface area contributed by atoms with Gasteiger partial charge in [-0.1, -0.05) is 78.9 Å². The molecule has 0 aliphatic rings. The number of aromatic nitrogens is 1. The smallest absolute Gasteiger partial charge is 0.0568 e. The molecule has 0 N–H and O–H groups in total. The summed E-state index contributed by atoms with van der Waals surface area (Å²) < 4.78 is 2.33. The quantitative estimate of drug-likeness (QED) is 0.291. The maximum Gasteiger partial charge on any atom is 0.0568 e. The summed E-state index contributed by atoms with van der Waals surface area (Å²) in [5.74, 6) is 0. The second-order valence-corrected chi connectivity index (χ2v) is 7.50. The lowest BCUT2D eigenvalue weighted by Gasteiger charge is -2.11. The van der Waals surface area contributed by atoms with Crippen LogP contribution >= 0.6 is 0 Å². The average molecular weight is 357 g/mol. The fourth-order valence-electron chi connectivity index (χ4n) is 4.64. The van der Waals surface area contributed by atoms with Gasteiger partial charge in [-0.2, -0.15) is 0 Å². The summed E-state index contributed by atoms with van der Waals surface area (Å²) in [6.45, 7) is 0. The topological polar surface area (TPSA) is 4.93 Å². The molecule has 5 aromatic carbocycles. The first-order valence-electron chi connectivity index (χ1n) is 9.69. The first kappa shape index (κ1) is 15.5. The molecule has 0 aliphatic carbocycles. The summed E-state index contributed by atoms with van der Waals surface area (Å²) >= 11 is 0. The molecule has 1 heteroatoms. The van der Waals surface area contributed by atoms with Crippen LogP contribution in [0, 0.1) is 0 Å². The van der Waals surface area contributed by atoms with Gasteiger partial charge in [0.05, 0.1) is 5.52 Å². The number of para-hydroxylation sites is 1. The van der Waals surface area contributed by atoms with Crippen molar-refractivity contribution in [2.45, 2.75) is 0 Å². The number of hydrogen-bond acceptors (Lipinski definition) is 0. The van der Waals surface area contributed by atoms with E-state index in [4.69, 9.17) is 0 Å². The fraction of sp³-hybridized carbons (Fsp3) is 0.0370. The van der Waals surface area contributed by atoms with Crippen LogP contribution in [0.3, 0.4) is 0 Å². The Labute approximate surface area is 163 Å². The van der Waals surface area contributed by atoms with Crippen molar-refractivity contribution in [3.8, 4) is 11.1 Å². The van der Waals surface area contributed by atoms with Crippen LogP contribution in [0.15, 0.2) is 97.1 Å². The summed E-state index contributed by atoms with van der Waals surface area (Å²) in [6, 6.07) is 35.2. The lowest BCUT2D eigenvalue weighted by atomic mass is 9.94. The van der Waals surface area contributed by atoms with E-state index in [2.05, 4.69) is 109 Å². The van der Waals surface area contributed by atoms with Crippen LogP contribution < -0.4 is 0 Å². The number of hydrogen-bond donors (Lipinski definition) is 0. The van der Waals surface area contributed by atoms with Gasteiger partial charge in [0.25, 0.3) is 0 Å². The van der Waals surface area contributed by atoms with E-state index in [-0.39, 0.29) is 0 Å². The standard InChI is InChI=1S/C27H19N/c1-28-26-13-7-6-11-22(26)25-17-24(21-10-4-5-12-23(21)27(25)28)20-15-14-18-8-2-3-9-19(18)16-20/h2-17H,1H3. The predicted octanol–water partition coefficient (Wildman–Crippen LogP) is 7.30. The lowest BCUT2D eigenvalue weighted by molar-refractivity contribution is 1.02. The number of aryl methyl sites for hydroxylation is 1. The summed E-state index contributed by atoms with van der Waals surface area (Å²) in [5.41, 5.74) is 5.15. The van der Waals surface area contributed by atoms with E-state index in [0.29, 0.717) is 0 Å². The zero-order chi connectivity index (χ0) is 18.7. The summed E-state index contributed by atoms with van der Waals surface area (Å²) in [4.78, 5) is 0. The van der Waals surface area contributed by atoms with Crippen molar-refractivity contribution in [1.29, 1.82) is 0 Å². The van der Waals surface area contributed by atoms with Crippen molar-refractivity contribution >= 4 is 43.4 Å². The minimum atomic E-state index is 1.27. The first-order chi connectivity index (χ1) is 13.8. The van der Waals surface area contributed by atoms with Gasteiger partial charge in [-0.3, -0.25) is 0 Å². The molecule has 0 fully saturated rings. The summed E-state index contributed by atoms with van der Waals surface area (Å²) in [6.07, 6.45) is 0. The Bertz CT molecular complexity index is 1520. The Hall–Kier alpha value is -3.58. The van der Waals surface area contributed by atoms with E-state index < -0.39 is 0 Å². The molecule has 6 aromatic rings. The van der Waals surface area contributed by atoms with Gasteiger partial charge in [-0.05, 0) is 45.5 Å². The van der Waals surface area contributed by atoms with Gasteiger partial charge in [-0.15, -0.1) is 0 Å². The molecule has 1 heterocycles. The van der Waals surface area contributed by atoms with E-state index in [1.54, 1.807) is 0 Å². The lowest BCUT2D eigenvalue weighted by Crippen LogP contribution is -1.89. The highest BCUT2D eigenvalue weighted by Crippen LogP contribution is 2.39. The van der Waals surface area contributed by atoms with Gasteiger partial charge >= 0.3 is 0 Å². The minimum absolute atomic E-state index is 1.27. The van der Waals surface area contributed by atoms with Crippen molar-refractivity contribution in [2.24, 2.45) is 7.05 Å². The van der Waals surface area contributed by atoms with Gasteiger partial charge in [0, 0.05) is 28.7 Å². The van der Waals surface area contributed by atoms with E-state index >= 15 is 0 Å². The third-order valence-corrected chi connectivity index (χ3v) is 5.97. The van der Waals surface area contributed by atoms with Crippen molar-refractivity contribution < 1.29 is 0 Å². The molecule has 0 radical (unpaired) electrons. The Balaban J connectivity index is 1.79. The highest BCUT2D eigenvalue weighted by Gasteiger charge is 2.15. The molecule has 0 bridgehead atoms. The van der Waals surface area contributed by atoms with Crippen molar-refractivity contribution in [2.75, 3.05) is 0 Å². The Kier molecular flexibility index (Phi) is 3.15. The van der Waals surface area contributed by atoms with E-state index in [0.717, 1.165) is 0 Å².